The minimum Gasteiger partial charge on any atom is -0.0888 e. The van der Waals surface area contributed by atoms with Gasteiger partial charge in [-0.25, -0.2) is 0 Å². The lowest BCUT2D eigenvalue weighted by molar-refractivity contribution is 0.599. The summed E-state index contributed by atoms with van der Waals surface area (Å²) in [6.07, 6.45) is 16.5. The number of hydrogen-bond donors (Lipinski definition) is 0. The Labute approximate surface area is 84.4 Å². The van der Waals surface area contributed by atoms with E-state index in [2.05, 4.69) is 26.0 Å². The zero-order valence-corrected chi connectivity index (χ0v) is 9.23. The van der Waals surface area contributed by atoms with E-state index in [0.29, 0.717) is 0 Å². The van der Waals surface area contributed by atoms with Gasteiger partial charge in [0, 0.05) is 0 Å². The van der Waals surface area contributed by atoms with Gasteiger partial charge in [0.1, 0.15) is 0 Å². The Bertz CT molecular complexity index is 103. The second kappa shape index (κ2) is 11.7. The number of rotatable bonds is 9. The van der Waals surface area contributed by atoms with Crippen LogP contribution in [0.15, 0.2) is 12.2 Å². The Morgan fingerprint density at radius 3 is 2.08 bits per heavy atom. The molecule has 77 valence electrons. The zero-order chi connectivity index (χ0) is 9.78. The second-order valence-corrected chi connectivity index (χ2v) is 3.64. The van der Waals surface area contributed by atoms with E-state index in [4.69, 9.17) is 0 Å². The third-order valence-electron chi connectivity index (χ3n) is 2.27. The van der Waals surface area contributed by atoms with Gasteiger partial charge in [0.2, 0.25) is 0 Å². The summed E-state index contributed by atoms with van der Waals surface area (Å²) in [5.41, 5.74) is 0. The molecule has 0 spiro atoms. The summed E-state index contributed by atoms with van der Waals surface area (Å²) >= 11 is 0. The maximum absolute atomic E-state index is 3.84. The van der Waals surface area contributed by atoms with Crippen molar-refractivity contribution >= 4 is 0 Å². The van der Waals surface area contributed by atoms with E-state index < -0.39 is 0 Å². The standard InChI is InChI=1S/C13H25/c1-3-5-7-9-11-13-12-10-8-6-4-2/h6,8H,1,3-5,7,9-13H2,2H3/b8-6-. The van der Waals surface area contributed by atoms with E-state index in [1.165, 1.54) is 51.4 Å². The zero-order valence-electron chi connectivity index (χ0n) is 9.23. The average molecular weight is 181 g/mol. The van der Waals surface area contributed by atoms with Crippen molar-refractivity contribution in [2.45, 2.75) is 64.7 Å². The van der Waals surface area contributed by atoms with Crippen LogP contribution >= 0.6 is 0 Å². The molecule has 0 N–H and O–H groups in total. The summed E-state index contributed by atoms with van der Waals surface area (Å²) in [5, 5.41) is 0. The maximum Gasteiger partial charge on any atom is -0.0351 e. The molecule has 0 saturated carbocycles. The Balaban J connectivity index is 2.87. The molecule has 0 aliphatic carbocycles. The lowest BCUT2D eigenvalue weighted by atomic mass is 10.1. The van der Waals surface area contributed by atoms with Crippen molar-refractivity contribution in [3.63, 3.8) is 0 Å². The monoisotopic (exact) mass is 181 g/mol. The van der Waals surface area contributed by atoms with Crippen LogP contribution in [0.4, 0.5) is 0 Å². The largest absolute Gasteiger partial charge is 0.0888 e. The van der Waals surface area contributed by atoms with Crippen molar-refractivity contribution in [1.82, 2.24) is 0 Å². The third-order valence-corrected chi connectivity index (χ3v) is 2.27. The van der Waals surface area contributed by atoms with Gasteiger partial charge >= 0.3 is 0 Å². The number of allylic oxidation sites excluding steroid dienone is 2. The van der Waals surface area contributed by atoms with E-state index >= 15 is 0 Å². The molecule has 0 nitrogen and oxygen atoms in total. The highest BCUT2D eigenvalue weighted by molar-refractivity contribution is 4.79. The molecule has 0 saturated heterocycles. The van der Waals surface area contributed by atoms with Crippen LogP contribution < -0.4 is 0 Å². The molecular formula is C13H25. The van der Waals surface area contributed by atoms with Crippen LogP contribution in [-0.4, -0.2) is 0 Å². The van der Waals surface area contributed by atoms with E-state index in [1.807, 2.05) is 0 Å². The van der Waals surface area contributed by atoms with Crippen LogP contribution in [0.25, 0.3) is 0 Å². The summed E-state index contributed by atoms with van der Waals surface area (Å²) in [6.45, 7) is 6.03. The van der Waals surface area contributed by atoms with Gasteiger partial charge in [0.15, 0.2) is 0 Å². The molecule has 0 aliphatic rings. The quantitative estimate of drug-likeness (QED) is 0.350. The topological polar surface area (TPSA) is 0 Å². The van der Waals surface area contributed by atoms with Crippen LogP contribution in [0.2, 0.25) is 0 Å². The van der Waals surface area contributed by atoms with E-state index in [0.717, 1.165) is 6.42 Å². The molecule has 0 heterocycles. The van der Waals surface area contributed by atoms with E-state index in [-0.39, 0.29) is 0 Å². The van der Waals surface area contributed by atoms with Crippen LogP contribution in [0.3, 0.4) is 0 Å². The van der Waals surface area contributed by atoms with Gasteiger partial charge in [-0.3, -0.25) is 0 Å². The van der Waals surface area contributed by atoms with Crippen molar-refractivity contribution in [3.05, 3.63) is 19.1 Å². The van der Waals surface area contributed by atoms with Crippen molar-refractivity contribution in [3.8, 4) is 0 Å². The summed E-state index contributed by atoms with van der Waals surface area (Å²) in [4.78, 5) is 0. The van der Waals surface area contributed by atoms with Crippen molar-refractivity contribution in [2.75, 3.05) is 0 Å². The van der Waals surface area contributed by atoms with Gasteiger partial charge in [-0.05, 0) is 19.3 Å². The predicted octanol–water partition coefficient (Wildman–Crippen LogP) is 4.91. The van der Waals surface area contributed by atoms with Gasteiger partial charge in [-0.15, -0.1) is 0 Å². The Morgan fingerprint density at radius 2 is 1.46 bits per heavy atom. The van der Waals surface area contributed by atoms with Gasteiger partial charge in [0.05, 0.1) is 0 Å². The fraction of sp³-hybridized carbons (Fsp3) is 0.769. The lowest BCUT2D eigenvalue weighted by Crippen LogP contribution is -1.78. The predicted molar refractivity (Wildman–Crippen MR) is 61.7 cm³/mol. The average Bonchev–Trinajstić information content (AvgIpc) is 2.16. The fourth-order valence-electron chi connectivity index (χ4n) is 1.43. The fourth-order valence-corrected chi connectivity index (χ4v) is 1.43. The van der Waals surface area contributed by atoms with Crippen molar-refractivity contribution in [1.29, 1.82) is 0 Å². The molecule has 0 amide bonds. The highest BCUT2D eigenvalue weighted by Crippen LogP contribution is 2.08. The summed E-state index contributed by atoms with van der Waals surface area (Å²) < 4.78 is 0. The molecule has 13 heavy (non-hydrogen) atoms. The second-order valence-electron chi connectivity index (χ2n) is 3.64. The smallest absolute Gasteiger partial charge is 0.0351 e. The van der Waals surface area contributed by atoms with E-state index in [9.17, 15) is 0 Å². The molecule has 1 radical (unpaired) electrons. The normalized spacial score (nSPS) is 11.2. The lowest BCUT2D eigenvalue weighted by Gasteiger charge is -1.98. The first-order chi connectivity index (χ1) is 6.41. The maximum atomic E-state index is 3.84. The molecule has 0 aromatic rings. The van der Waals surface area contributed by atoms with Crippen LogP contribution in [-0.2, 0) is 0 Å². The summed E-state index contributed by atoms with van der Waals surface area (Å²) in [5.74, 6) is 0. The molecular weight excluding hydrogens is 156 g/mol. The molecule has 0 aliphatic heterocycles. The van der Waals surface area contributed by atoms with Gasteiger partial charge in [0.25, 0.3) is 0 Å². The van der Waals surface area contributed by atoms with Crippen LogP contribution in [0.5, 0.6) is 0 Å². The first-order valence-corrected chi connectivity index (χ1v) is 5.86. The molecule has 0 aromatic heterocycles. The van der Waals surface area contributed by atoms with Gasteiger partial charge in [-0.1, -0.05) is 64.5 Å². The molecule has 0 unspecified atom stereocenters. The minimum atomic E-state index is 1.11. The number of unbranched alkanes of at least 4 members (excludes halogenated alkanes) is 7. The Hall–Kier alpha value is -0.260. The number of hydrogen-bond acceptors (Lipinski definition) is 0. The first-order valence-electron chi connectivity index (χ1n) is 5.86. The molecule has 0 rings (SSSR count). The Kier molecular flexibility index (Phi) is 11.5. The molecule has 0 aromatic carbocycles. The van der Waals surface area contributed by atoms with Gasteiger partial charge in [-0.2, -0.15) is 0 Å². The van der Waals surface area contributed by atoms with Crippen LogP contribution in [0, 0.1) is 6.92 Å². The Morgan fingerprint density at radius 1 is 0.846 bits per heavy atom. The summed E-state index contributed by atoms with van der Waals surface area (Å²) in [7, 11) is 0. The highest BCUT2D eigenvalue weighted by atomic mass is 13.9. The first kappa shape index (κ1) is 12.7. The van der Waals surface area contributed by atoms with Crippen molar-refractivity contribution in [2.24, 2.45) is 0 Å². The van der Waals surface area contributed by atoms with Crippen LogP contribution in [0.1, 0.15) is 64.7 Å². The SMILES string of the molecule is [CH2]CCCCCCCC/C=C\CC. The summed E-state index contributed by atoms with van der Waals surface area (Å²) in [6, 6.07) is 0. The molecule has 0 heteroatoms. The van der Waals surface area contributed by atoms with Gasteiger partial charge < -0.3 is 0 Å². The highest BCUT2D eigenvalue weighted by Gasteiger charge is 1.88. The molecule has 0 fully saturated rings. The molecule has 0 atom stereocenters. The van der Waals surface area contributed by atoms with Crippen molar-refractivity contribution < 1.29 is 0 Å². The van der Waals surface area contributed by atoms with E-state index in [1.54, 1.807) is 0 Å². The molecule has 0 bridgehead atoms. The minimum absolute atomic E-state index is 1.11. The third kappa shape index (κ3) is 11.7.